The van der Waals surface area contributed by atoms with Crippen molar-refractivity contribution in [3.8, 4) is 0 Å². The monoisotopic (exact) mass is 347 g/mol. The Morgan fingerprint density at radius 2 is 1.76 bits per heavy atom. The Kier molecular flexibility index (Phi) is 7.73. The Hall–Kier alpha value is -2.08. The zero-order valence-electron chi connectivity index (χ0n) is 15.2. The van der Waals surface area contributed by atoms with E-state index in [0.717, 1.165) is 32.4 Å². The summed E-state index contributed by atoms with van der Waals surface area (Å²) in [7, 11) is 1.64. The van der Waals surface area contributed by atoms with Crippen LogP contribution in [0.15, 0.2) is 24.3 Å². The number of hydrogen-bond acceptors (Lipinski definition) is 3. The highest BCUT2D eigenvalue weighted by molar-refractivity contribution is 5.95. The molecule has 1 aromatic carbocycles. The first-order chi connectivity index (χ1) is 12.1. The highest BCUT2D eigenvalue weighted by atomic mass is 16.5. The van der Waals surface area contributed by atoms with Crippen LogP contribution < -0.4 is 10.6 Å². The first-order valence-electron chi connectivity index (χ1n) is 9.06. The summed E-state index contributed by atoms with van der Waals surface area (Å²) in [4.78, 5) is 26.4. The lowest BCUT2D eigenvalue weighted by atomic mass is 10.1. The number of methoxy groups -OCH3 is 1. The van der Waals surface area contributed by atoms with Gasteiger partial charge in [-0.3, -0.25) is 4.79 Å². The van der Waals surface area contributed by atoms with Crippen molar-refractivity contribution in [2.24, 2.45) is 0 Å². The van der Waals surface area contributed by atoms with E-state index in [1.165, 1.54) is 12.8 Å². The van der Waals surface area contributed by atoms with E-state index >= 15 is 0 Å². The van der Waals surface area contributed by atoms with Crippen molar-refractivity contribution >= 4 is 17.6 Å². The molecule has 3 amide bonds. The van der Waals surface area contributed by atoms with E-state index in [1.807, 2.05) is 11.8 Å². The first-order valence-corrected chi connectivity index (χ1v) is 9.06. The van der Waals surface area contributed by atoms with E-state index in [9.17, 15) is 9.59 Å². The molecular weight excluding hydrogens is 318 g/mol. The van der Waals surface area contributed by atoms with Gasteiger partial charge in [-0.25, -0.2) is 4.79 Å². The average Bonchev–Trinajstić information content (AvgIpc) is 2.89. The summed E-state index contributed by atoms with van der Waals surface area (Å²) in [5.41, 5.74) is 1.34. The molecule has 1 fully saturated rings. The van der Waals surface area contributed by atoms with E-state index in [1.54, 1.807) is 31.4 Å². The predicted molar refractivity (Wildman–Crippen MR) is 98.9 cm³/mol. The van der Waals surface area contributed by atoms with E-state index < -0.39 is 0 Å². The fourth-order valence-electron chi connectivity index (χ4n) is 2.91. The fraction of sp³-hybridized carbons (Fsp3) is 0.579. The molecule has 0 radical (unpaired) electrons. The minimum absolute atomic E-state index is 0.0313. The molecule has 0 aliphatic carbocycles. The van der Waals surface area contributed by atoms with Gasteiger partial charge in [0.15, 0.2) is 0 Å². The molecule has 1 heterocycles. The Balaban J connectivity index is 1.86. The lowest BCUT2D eigenvalue weighted by Gasteiger charge is -2.20. The van der Waals surface area contributed by atoms with Gasteiger partial charge >= 0.3 is 6.03 Å². The summed E-state index contributed by atoms with van der Waals surface area (Å²) in [5, 5.41) is 5.64. The van der Waals surface area contributed by atoms with E-state index in [-0.39, 0.29) is 18.0 Å². The molecule has 1 aromatic rings. The summed E-state index contributed by atoms with van der Waals surface area (Å²) < 4.78 is 5.00. The second-order valence-corrected chi connectivity index (χ2v) is 6.56. The van der Waals surface area contributed by atoms with Gasteiger partial charge in [-0.05, 0) is 50.5 Å². The molecule has 0 spiro atoms. The van der Waals surface area contributed by atoms with Crippen molar-refractivity contribution in [1.82, 2.24) is 10.2 Å². The summed E-state index contributed by atoms with van der Waals surface area (Å²) in [6.45, 7) is 4.21. The maximum Gasteiger partial charge on any atom is 0.319 e. The Bertz CT molecular complexity index is 552. The zero-order valence-corrected chi connectivity index (χ0v) is 15.2. The third-order valence-corrected chi connectivity index (χ3v) is 4.42. The molecule has 6 nitrogen and oxygen atoms in total. The number of urea groups is 1. The van der Waals surface area contributed by atoms with Crippen molar-refractivity contribution in [3.63, 3.8) is 0 Å². The molecule has 0 unspecified atom stereocenters. The van der Waals surface area contributed by atoms with Gasteiger partial charge in [0.2, 0.25) is 0 Å². The van der Waals surface area contributed by atoms with E-state index in [0.29, 0.717) is 17.9 Å². The molecule has 6 heteroatoms. The van der Waals surface area contributed by atoms with Crippen molar-refractivity contribution in [1.29, 1.82) is 0 Å². The third kappa shape index (κ3) is 6.38. The van der Waals surface area contributed by atoms with Crippen molar-refractivity contribution in [3.05, 3.63) is 29.8 Å². The number of amides is 3. The quantitative estimate of drug-likeness (QED) is 0.830. The van der Waals surface area contributed by atoms with Gasteiger partial charge in [0.05, 0.1) is 0 Å². The first kappa shape index (κ1) is 19.2. The molecular formula is C19H29N3O3. The Labute approximate surface area is 149 Å². The zero-order chi connectivity index (χ0) is 18.1. The maximum absolute atomic E-state index is 12.5. The molecule has 0 bridgehead atoms. The number of rotatable bonds is 6. The second-order valence-electron chi connectivity index (χ2n) is 6.56. The summed E-state index contributed by atoms with van der Waals surface area (Å²) >= 11 is 0. The minimum atomic E-state index is -0.254. The number of benzene rings is 1. The largest absolute Gasteiger partial charge is 0.385 e. The van der Waals surface area contributed by atoms with Crippen LogP contribution >= 0.6 is 0 Å². The van der Waals surface area contributed by atoms with Crippen LogP contribution in [0.25, 0.3) is 0 Å². The molecule has 1 aliphatic heterocycles. The maximum atomic E-state index is 12.5. The number of hydrogen-bond donors (Lipinski definition) is 2. The summed E-state index contributed by atoms with van der Waals surface area (Å²) in [6, 6.07) is 6.86. The van der Waals surface area contributed by atoms with Crippen LogP contribution in [0.3, 0.4) is 0 Å². The van der Waals surface area contributed by atoms with Gasteiger partial charge in [-0.2, -0.15) is 0 Å². The predicted octanol–water partition coefficient (Wildman–Crippen LogP) is 3.25. The van der Waals surface area contributed by atoms with Crippen LogP contribution in [-0.2, 0) is 4.74 Å². The lowest BCUT2D eigenvalue weighted by Crippen LogP contribution is -2.36. The standard InChI is InChI=1S/C19H29N3O3/c1-15(11-14-25-2)20-19(24)21-17-9-7-16(8-10-17)18(23)22-12-5-3-4-6-13-22/h7-10,15H,3-6,11-14H2,1-2H3,(H2,20,21,24)/t15-/m0/s1. The highest BCUT2D eigenvalue weighted by Crippen LogP contribution is 2.15. The molecule has 2 rings (SSSR count). The van der Waals surface area contributed by atoms with Crippen molar-refractivity contribution in [2.45, 2.75) is 45.1 Å². The van der Waals surface area contributed by atoms with Crippen LogP contribution in [0.5, 0.6) is 0 Å². The molecule has 0 saturated carbocycles. The molecule has 1 saturated heterocycles. The van der Waals surface area contributed by atoms with Gasteiger partial charge in [0, 0.05) is 44.1 Å². The van der Waals surface area contributed by atoms with Crippen molar-refractivity contribution in [2.75, 3.05) is 32.1 Å². The topological polar surface area (TPSA) is 70.7 Å². The molecule has 1 aliphatic rings. The van der Waals surface area contributed by atoms with Gasteiger partial charge in [-0.1, -0.05) is 12.8 Å². The lowest BCUT2D eigenvalue weighted by molar-refractivity contribution is 0.0761. The number of carbonyl (C=O) groups excluding carboxylic acids is 2. The Morgan fingerprint density at radius 3 is 2.36 bits per heavy atom. The van der Waals surface area contributed by atoms with Crippen molar-refractivity contribution < 1.29 is 14.3 Å². The number of likely N-dealkylation sites (tertiary alicyclic amines) is 1. The summed E-state index contributed by atoms with van der Waals surface area (Å²) in [5.74, 6) is 0.0751. The number of nitrogens with zero attached hydrogens (tertiary/aromatic N) is 1. The second kappa shape index (κ2) is 10.0. The molecule has 2 N–H and O–H groups in total. The number of anilines is 1. The SMILES string of the molecule is COCC[C@H](C)NC(=O)Nc1ccc(C(=O)N2CCCCCC2)cc1. The van der Waals surface area contributed by atoms with Crippen LogP contribution in [0, 0.1) is 0 Å². The van der Waals surface area contributed by atoms with E-state index in [2.05, 4.69) is 10.6 Å². The molecule has 0 aromatic heterocycles. The number of carbonyl (C=O) groups is 2. The molecule has 1 atom stereocenters. The molecule has 138 valence electrons. The van der Waals surface area contributed by atoms with Gasteiger partial charge in [0.1, 0.15) is 0 Å². The van der Waals surface area contributed by atoms with Crippen LogP contribution in [0.4, 0.5) is 10.5 Å². The van der Waals surface area contributed by atoms with Crippen LogP contribution in [0.2, 0.25) is 0 Å². The third-order valence-electron chi connectivity index (χ3n) is 4.42. The average molecular weight is 347 g/mol. The number of nitrogens with one attached hydrogen (secondary N) is 2. The fourth-order valence-corrected chi connectivity index (χ4v) is 2.91. The Morgan fingerprint density at radius 1 is 1.12 bits per heavy atom. The number of ether oxygens (including phenoxy) is 1. The molecule has 25 heavy (non-hydrogen) atoms. The highest BCUT2D eigenvalue weighted by Gasteiger charge is 2.17. The smallest absolute Gasteiger partial charge is 0.319 e. The van der Waals surface area contributed by atoms with Gasteiger partial charge in [0.25, 0.3) is 5.91 Å². The normalized spacial score (nSPS) is 16.0. The van der Waals surface area contributed by atoms with Crippen LogP contribution in [-0.4, -0.2) is 49.7 Å². The van der Waals surface area contributed by atoms with Gasteiger partial charge in [-0.15, -0.1) is 0 Å². The minimum Gasteiger partial charge on any atom is -0.385 e. The van der Waals surface area contributed by atoms with Crippen LogP contribution in [0.1, 0.15) is 49.4 Å². The van der Waals surface area contributed by atoms with E-state index in [4.69, 9.17) is 4.74 Å². The van der Waals surface area contributed by atoms with Gasteiger partial charge < -0.3 is 20.3 Å². The summed E-state index contributed by atoms with van der Waals surface area (Å²) in [6.07, 6.45) is 5.31.